The highest BCUT2D eigenvalue weighted by molar-refractivity contribution is 9.10. The Hall–Kier alpha value is -2.20. The van der Waals surface area contributed by atoms with Crippen LogP contribution in [0.15, 0.2) is 59.2 Å². The number of carbonyl (C=O) groups excluding carboxylic acids is 1. The highest BCUT2D eigenvalue weighted by atomic mass is 79.9. The standard InChI is InChI=1S/C22H23BrN2O/c1-4-14(2)19-7-5-6-16-12-17(8-9-20(16)19)22(26)25-15(3)21-13-18(23)10-11-24-21/h5-15H,4H2,1-3H3,(H,25,26). The molecule has 0 saturated carbocycles. The number of amides is 1. The minimum Gasteiger partial charge on any atom is -0.344 e. The molecule has 2 unspecified atom stereocenters. The zero-order valence-corrected chi connectivity index (χ0v) is 16.9. The van der Waals surface area contributed by atoms with E-state index in [1.54, 1.807) is 6.20 Å². The number of nitrogens with zero attached hydrogens (tertiary/aromatic N) is 1. The number of carbonyl (C=O) groups is 1. The number of halogens is 1. The van der Waals surface area contributed by atoms with E-state index < -0.39 is 0 Å². The van der Waals surface area contributed by atoms with Gasteiger partial charge in [-0.2, -0.15) is 0 Å². The highest BCUT2D eigenvalue weighted by Crippen LogP contribution is 2.28. The maximum atomic E-state index is 12.7. The van der Waals surface area contributed by atoms with Crippen LogP contribution >= 0.6 is 15.9 Å². The van der Waals surface area contributed by atoms with Gasteiger partial charge in [0.25, 0.3) is 5.91 Å². The predicted octanol–water partition coefficient (Wildman–Crippen LogP) is 6.00. The normalized spacial score (nSPS) is 13.4. The second-order valence-electron chi connectivity index (χ2n) is 6.69. The monoisotopic (exact) mass is 410 g/mol. The van der Waals surface area contributed by atoms with Gasteiger partial charge in [-0.25, -0.2) is 0 Å². The molecule has 4 heteroatoms. The first-order valence-corrected chi connectivity index (χ1v) is 9.74. The number of benzene rings is 2. The van der Waals surface area contributed by atoms with Gasteiger partial charge < -0.3 is 5.32 Å². The molecule has 3 rings (SSSR count). The van der Waals surface area contributed by atoms with E-state index in [1.807, 2.05) is 31.2 Å². The van der Waals surface area contributed by atoms with Crippen LogP contribution in [0.4, 0.5) is 0 Å². The summed E-state index contributed by atoms with van der Waals surface area (Å²) in [4.78, 5) is 17.0. The summed E-state index contributed by atoms with van der Waals surface area (Å²) < 4.78 is 0.951. The van der Waals surface area contributed by atoms with Crippen molar-refractivity contribution in [3.63, 3.8) is 0 Å². The minimum absolute atomic E-state index is 0.0879. The summed E-state index contributed by atoms with van der Waals surface area (Å²) in [6, 6.07) is 15.9. The summed E-state index contributed by atoms with van der Waals surface area (Å²) in [6.07, 6.45) is 2.83. The number of aromatic nitrogens is 1. The molecular weight excluding hydrogens is 388 g/mol. The first kappa shape index (κ1) is 18.6. The van der Waals surface area contributed by atoms with Crippen LogP contribution in [0.1, 0.15) is 60.8 Å². The summed E-state index contributed by atoms with van der Waals surface area (Å²) in [5.74, 6) is 0.413. The third-order valence-corrected chi connectivity index (χ3v) is 5.35. The molecule has 3 aromatic rings. The van der Waals surface area contributed by atoms with Crippen LogP contribution in [0.2, 0.25) is 0 Å². The van der Waals surface area contributed by atoms with Crippen molar-refractivity contribution in [1.82, 2.24) is 10.3 Å². The second kappa shape index (κ2) is 8.00. The van der Waals surface area contributed by atoms with E-state index in [2.05, 4.69) is 64.3 Å². The van der Waals surface area contributed by atoms with Crippen molar-refractivity contribution in [1.29, 1.82) is 0 Å². The van der Waals surface area contributed by atoms with Crippen LogP contribution in [0.25, 0.3) is 10.8 Å². The molecule has 0 aliphatic heterocycles. The molecule has 0 fully saturated rings. The van der Waals surface area contributed by atoms with Gasteiger partial charge in [-0.05, 0) is 59.9 Å². The fraction of sp³-hybridized carbons (Fsp3) is 0.273. The molecule has 1 aromatic heterocycles. The number of fused-ring (bicyclic) bond motifs is 1. The van der Waals surface area contributed by atoms with Gasteiger partial charge in [0.2, 0.25) is 0 Å². The van der Waals surface area contributed by atoms with Gasteiger partial charge in [-0.15, -0.1) is 0 Å². The van der Waals surface area contributed by atoms with Crippen molar-refractivity contribution in [2.45, 2.75) is 39.2 Å². The number of rotatable bonds is 5. The Balaban J connectivity index is 1.85. The van der Waals surface area contributed by atoms with Crippen molar-refractivity contribution in [3.05, 3.63) is 76.0 Å². The molecule has 26 heavy (non-hydrogen) atoms. The molecule has 1 heterocycles. The molecule has 1 N–H and O–H groups in total. The zero-order valence-electron chi connectivity index (χ0n) is 15.3. The zero-order chi connectivity index (χ0) is 18.7. The lowest BCUT2D eigenvalue weighted by Gasteiger charge is -2.15. The average molecular weight is 411 g/mol. The van der Waals surface area contributed by atoms with E-state index in [0.717, 1.165) is 22.0 Å². The Morgan fingerprint density at radius 2 is 1.96 bits per heavy atom. The van der Waals surface area contributed by atoms with E-state index in [1.165, 1.54) is 10.9 Å². The third kappa shape index (κ3) is 3.96. The van der Waals surface area contributed by atoms with E-state index in [9.17, 15) is 4.79 Å². The van der Waals surface area contributed by atoms with Crippen LogP contribution < -0.4 is 5.32 Å². The molecule has 0 bridgehead atoms. The number of hydrogen-bond acceptors (Lipinski definition) is 2. The van der Waals surface area contributed by atoms with Crippen molar-refractivity contribution in [2.24, 2.45) is 0 Å². The molecule has 0 saturated heterocycles. The Bertz CT molecular complexity index is 938. The Labute approximate surface area is 163 Å². The van der Waals surface area contributed by atoms with Gasteiger partial charge in [0.05, 0.1) is 11.7 Å². The summed E-state index contributed by atoms with van der Waals surface area (Å²) in [6.45, 7) is 6.37. The largest absolute Gasteiger partial charge is 0.344 e. The Morgan fingerprint density at radius 3 is 2.69 bits per heavy atom. The van der Waals surface area contributed by atoms with Gasteiger partial charge >= 0.3 is 0 Å². The number of pyridine rings is 1. The van der Waals surface area contributed by atoms with Crippen LogP contribution in [-0.4, -0.2) is 10.9 Å². The van der Waals surface area contributed by atoms with E-state index in [4.69, 9.17) is 0 Å². The van der Waals surface area contributed by atoms with Gasteiger partial charge in [0.15, 0.2) is 0 Å². The molecule has 0 spiro atoms. The van der Waals surface area contributed by atoms with E-state index in [0.29, 0.717) is 11.5 Å². The molecule has 3 nitrogen and oxygen atoms in total. The second-order valence-corrected chi connectivity index (χ2v) is 7.60. The Kier molecular flexibility index (Phi) is 5.72. The summed E-state index contributed by atoms with van der Waals surface area (Å²) >= 11 is 3.44. The molecule has 2 aromatic carbocycles. The summed E-state index contributed by atoms with van der Waals surface area (Å²) in [5.41, 5.74) is 2.83. The molecule has 0 radical (unpaired) electrons. The van der Waals surface area contributed by atoms with Crippen LogP contribution in [0, 0.1) is 0 Å². The van der Waals surface area contributed by atoms with Gasteiger partial charge in [-0.3, -0.25) is 9.78 Å². The maximum Gasteiger partial charge on any atom is 0.251 e. The average Bonchev–Trinajstić information content (AvgIpc) is 2.66. The first-order chi connectivity index (χ1) is 12.5. The number of hydrogen-bond donors (Lipinski definition) is 1. The first-order valence-electron chi connectivity index (χ1n) is 8.94. The van der Waals surface area contributed by atoms with Gasteiger partial charge in [0, 0.05) is 16.2 Å². The maximum absolute atomic E-state index is 12.7. The predicted molar refractivity (Wildman–Crippen MR) is 110 cm³/mol. The SMILES string of the molecule is CCC(C)c1cccc2cc(C(=O)NC(C)c3cc(Br)ccn3)ccc12. The van der Waals surface area contributed by atoms with Crippen LogP contribution in [0.3, 0.4) is 0 Å². The number of nitrogens with one attached hydrogen (secondary N) is 1. The van der Waals surface area contributed by atoms with Crippen molar-refractivity contribution < 1.29 is 4.79 Å². The summed E-state index contributed by atoms with van der Waals surface area (Å²) in [7, 11) is 0. The van der Waals surface area contributed by atoms with E-state index >= 15 is 0 Å². The molecule has 134 valence electrons. The fourth-order valence-corrected chi connectivity index (χ4v) is 3.46. The molecule has 2 atom stereocenters. The fourth-order valence-electron chi connectivity index (χ4n) is 3.11. The van der Waals surface area contributed by atoms with Crippen molar-refractivity contribution in [2.75, 3.05) is 0 Å². The lowest BCUT2D eigenvalue weighted by Crippen LogP contribution is -2.27. The van der Waals surface area contributed by atoms with Crippen LogP contribution in [0.5, 0.6) is 0 Å². The minimum atomic E-state index is -0.165. The van der Waals surface area contributed by atoms with E-state index in [-0.39, 0.29) is 11.9 Å². The van der Waals surface area contributed by atoms with Crippen molar-refractivity contribution >= 4 is 32.6 Å². The van der Waals surface area contributed by atoms with Gasteiger partial charge in [-0.1, -0.05) is 54.0 Å². The van der Waals surface area contributed by atoms with Gasteiger partial charge in [0.1, 0.15) is 0 Å². The quantitative estimate of drug-likeness (QED) is 0.559. The Morgan fingerprint density at radius 1 is 1.15 bits per heavy atom. The molecule has 0 aliphatic rings. The lowest BCUT2D eigenvalue weighted by atomic mass is 9.92. The highest BCUT2D eigenvalue weighted by Gasteiger charge is 2.14. The van der Waals surface area contributed by atoms with Crippen molar-refractivity contribution in [3.8, 4) is 0 Å². The third-order valence-electron chi connectivity index (χ3n) is 4.85. The smallest absolute Gasteiger partial charge is 0.251 e. The molecular formula is C22H23BrN2O. The molecule has 0 aliphatic carbocycles. The van der Waals surface area contributed by atoms with Crippen LogP contribution in [-0.2, 0) is 0 Å². The summed E-state index contributed by atoms with van der Waals surface area (Å²) in [5, 5.41) is 5.35. The topological polar surface area (TPSA) is 42.0 Å². The lowest BCUT2D eigenvalue weighted by molar-refractivity contribution is 0.0939. The molecule has 1 amide bonds.